The number of halogens is 2. The zero-order chi connectivity index (χ0) is 24.0. The van der Waals surface area contributed by atoms with E-state index < -0.39 is 18.0 Å². The van der Waals surface area contributed by atoms with Crippen LogP contribution in [0, 0.1) is 0 Å². The minimum Gasteiger partial charge on any atom is -0.462 e. The van der Waals surface area contributed by atoms with Crippen LogP contribution >= 0.6 is 0 Å². The molecule has 34 heavy (non-hydrogen) atoms. The molecule has 0 amide bonds. The van der Waals surface area contributed by atoms with E-state index in [1.165, 1.54) is 11.8 Å². The number of benzene rings is 2. The van der Waals surface area contributed by atoms with E-state index in [1.807, 2.05) is 18.2 Å². The largest absolute Gasteiger partial charge is 0.462 e. The monoisotopic (exact) mass is 468 g/mol. The van der Waals surface area contributed by atoms with E-state index in [2.05, 4.69) is 12.2 Å². The highest BCUT2D eigenvalue weighted by atomic mass is 19.3. The summed E-state index contributed by atoms with van der Waals surface area (Å²) in [5, 5.41) is 3.53. The Bertz CT molecular complexity index is 1330. The molecule has 1 unspecified atom stereocenters. The summed E-state index contributed by atoms with van der Waals surface area (Å²) in [4.78, 5) is 25.6. The topological polar surface area (TPSA) is 69.6 Å². The Morgan fingerprint density at radius 2 is 2.03 bits per heavy atom. The van der Waals surface area contributed by atoms with Gasteiger partial charge in [-0.1, -0.05) is 19.1 Å². The fourth-order valence-corrected chi connectivity index (χ4v) is 4.79. The molecule has 2 aliphatic rings. The second-order valence-corrected chi connectivity index (χ2v) is 8.89. The quantitative estimate of drug-likeness (QED) is 0.517. The maximum absolute atomic E-state index is 13.6. The van der Waals surface area contributed by atoms with E-state index in [-0.39, 0.29) is 34.9 Å². The number of ether oxygens (including phenoxy) is 2. The van der Waals surface area contributed by atoms with Crippen LogP contribution in [-0.4, -0.2) is 30.3 Å². The van der Waals surface area contributed by atoms with Gasteiger partial charge in [0.1, 0.15) is 5.56 Å². The van der Waals surface area contributed by atoms with Crippen molar-refractivity contribution in [3.8, 4) is 16.9 Å². The van der Waals surface area contributed by atoms with Crippen molar-refractivity contribution >= 4 is 16.9 Å². The van der Waals surface area contributed by atoms with Crippen molar-refractivity contribution < 1.29 is 23.0 Å². The van der Waals surface area contributed by atoms with Crippen molar-refractivity contribution in [1.29, 1.82) is 0 Å². The van der Waals surface area contributed by atoms with Gasteiger partial charge in [0.2, 0.25) is 5.43 Å². The first-order valence-electron chi connectivity index (χ1n) is 11.6. The van der Waals surface area contributed by atoms with E-state index in [1.54, 1.807) is 23.6 Å². The molecule has 1 aliphatic heterocycles. The van der Waals surface area contributed by atoms with E-state index >= 15 is 0 Å². The van der Waals surface area contributed by atoms with Crippen LogP contribution in [0.3, 0.4) is 0 Å². The normalized spacial score (nSPS) is 17.6. The molecule has 0 saturated heterocycles. The first-order valence-corrected chi connectivity index (χ1v) is 11.6. The maximum atomic E-state index is 13.6. The van der Waals surface area contributed by atoms with Crippen LogP contribution in [0.15, 0.2) is 41.3 Å². The number of carbonyl (C=O) groups excluding carboxylic acids is 1. The van der Waals surface area contributed by atoms with Gasteiger partial charge in [-0.05, 0) is 60.6 Å². The van der Waals surface area contributed by atoms with Gasteiger partial charge >= 0.3 is 12.6 Å². The Balaban J connectivity index is 1.76. The smallest absolute Gasteiger partial charge is 0.387 e. The third-order valence-corrected chi connectivity index (χ3v) is 6.54. The standard InChI is InChI=1S/C26H26F2N2O4/c1-3-33-25(32)21-13-30(17-5-6-17)22-20(23(21)31)9-8-19(24(22)34-26(27)28)15-4-7-18-14(2)11-29-12-16(18)10-15/h4,7-10,13-14,17,26,29H,3,5-6,11-12H2,1-2H3. The summed E-state index contributed by atoms with van der Waals surface area (Å²) in [6.45, 7) is 2.44. The number of hydrogen-bond acceptors (Lipinski definition) is 5. The number of nitrogens with one attached hydrogen (secondary N) is 1. The zero-order valence-electron chi connectivity index (χ0n) is 19.1. The van der Waals surface area contributed by atoms with Gasteiger partial charge in [0.05, 0.1) is 17.5 Å². The van der Waals surface area contributed by atoms with Crippen molar-refractivity contribution in [2.45, 2.75) is 51.8 Å². The Hall–Kier alpha value is -3.26. The molecule has 8 heteroatoms. The minimum atomic E-state index is -3.07. The first-order chi connectivity index (χ1) is 16.4. The van der Waals surface area contributed by atoms with Crippen LogP contribution in [0.5, 0.6) is 5.75 Å². The Morgan fingerprint density at radius 3 is 2.74 bits per heavy atom. The van der Waals surface area contributed by atoms with Crippen LogP contribution in [0.4, 0.5) is 8.78 Å². The van der Waals surface area contributed by atoms with Gasteiger partial charge in [-0.15, -0.1) is 0 Å². The van der Waals surface area contributed by atoms with E-state index in [0.717, 1.165) is 30.5 Å². The summed E-state index contributed by atoms with van der Waals surface area (Å²) in [7, 11) is 0. The van der Waals surface area contributed by atoms with Gasteiger partial charge in [-0.2, -0.15) is 8.78 Å². The number of aromatic nitrogens is 1. The highest BCUT2D eigenvalue weighted by molar-refractivity contribution is 5.98. The van der Waals surface area contributed by atoms with Crippen LogP contribution < -0.4 is 15.5 Å². The SMILES string of the molecule is CCOC(=O)c1cn(C2CC2)c2c(OC(F)F)c(-c3ccc4c(c3)CNCC4C)ccc2c1=O. The molecule has 1 atom stereocenters. The van der Waals surface area contributed by atoms with Crippen LogP contribution in [0.1, 0.15) is 60.1 Å². The molecule has 6 nitrogen and oxygen atoms in total. The average molecular weight is 469 g/mol. The Kier molecular flexibility index (Phi) is 5.85. The second-order valence-electron chi connectivity index (χ2n) is 8.89. The predicted molar refractivity (Wildman–Crippen MR) is 125 cm³/mol. The average Bonchev–Trinajstić information content (AvgIpc) is 3.65. The number of nitrogens with zero attached hydrogens (tertiary/aromatic N) is 1. The van der Waals surface area contributed by atoms with Gasteiger partial charge in [-0.3, -0.25) is 4.79 Å². The fourth-order valence-electron chi connectivity index (χ4n) is 4.79. The van der Waals surface area contributed by atoms with E-state index in [0.29, 0.717) is 18.0 Å². The summed E-state index contributed by atoms with van der Waals surface area (Å²) in [5.74, 6) is -0.420. The number of esters is 1. The molecular weight excluding hydrogens is 442 g/mol. The minimum absolute atomic E-state index is 0.000122. The Morgan fingerprint density at radius 1 is 1.24 bits per heavy atom. The number of rotatable bonds is 6. The van der Waals surface area contributed by atoms with Crippen LogP contribution in [-0.2, 0) is 11.3 Å². The van der Waals surface area contributed by atoms with Crippen molar-refractivity contribution in [2.24, 2.45) is 0 Å². The lowest BCUT2D eigenvalue weighted by Crippen LogP contribution is -2.26. The van der Waals surface area contributed by atoms with Gasteiger partial charge in [0, 0.05) is 30.9 Å². The summed E-state index contributed by atoms with van der Waals surface area (Å²) < 4.78 is 39.1. The lowest BCUT2D eigenvalue weighted by Gasteiger charge is -2.24. The fraction of sp³-hybridized carbons (Fsp3) is 0.385. The van der Waals surface area contributed by atoms with Gasteiger partial charge in [-0.25, -0.2) is 4.79 Å². The van der Waals surface area contributed by atoms with Crippen LogP contribution in [0.25, 0.3) is 22.0 Å². The molecule has 1 N–H and O–H groups in total. The molecule has 5 rings (SSSR count). The first kappa shape index (κ1) is 22.5. The summed E-state index contributed by atoms with van der Waals surface area (Å²) in [6, 6.07) is 9.14. The van der Waals surface area contributed by atoms with Gasteiger partial charge < -0.3 is 19.4 Å². The number of fused-ring (bicyclic) bond motifs is 2. The maximum Gasteiger partial charge on any atom is 0.387 e. The highest BCUT2D eigenvalue weighted by Gasteiger charge is 2.30. The lowest BCUT2D eigenvalue weighted by molar-refractivity contribution is -0.0486. The second kappa shape index (κ2) is 8.83. The summed E-state index contributed by atoms with van der Waals surface area (Å²) >= 11 is 0. The number of hydrogen-bond donors (Lipinski definition) is 1. The molecule has 0 spiro atoms. The van der Waals surface area contributed by atoms with Crippen LogP contribution in [0.2, 0.25) is 0 Å². The molecule has 3 aromatic rings. The molecule has 1 aliphatic carbocycles. The number of pyridine rings is 1. The molecule has 0 radical (unpaired) electrons. The number of carbonyl (C=O) groups is 1. The van der Waals surface area contributed by atoms with E-state index in [4.69, 9.17) is 9.47 Å². The molecular formula is C26H26F2N2O4. The Labute approximate surface area is 195 Å². The predicted octanol–water partition coefficient (Wildman–Crippen LogP) is 4.99. The summed E-state index contributed by atoms with van der Waals surface area (Å²) in [5.41, 5.74) is 3.17. The third-order valence-electron chi connectivity index (χ3n) is 6.54. The zero-order valence-corrected chi connectivity index (χ0v) is 19.1. The van der Waals surface area contributed by atoms with Crippen molar-refractivity contribution in [1.82, 2.24) is 9.88 Å². The van der Waals surface area contributed by atoms with Gasteiger partial charge in [0.15, 0.2) is 5.75 Å². The van der Waals surface area contributed by atoms with Crippen molar-refractivity contribution in [2.75, 3.05) is 13.2 Å². The van der Waals surface area contributed by atoms with Crippen molar-refractivity contribution in [3.63, 3.8) is 0 Å². The molecule has 1 aromatic heterocycles. The molecule has 2 heterocycles. The number of alkyl halides is 2. The molecule has 2 aromatic carbocycles. The molecule has 178 valence electrons. The van der Waals surface area contributed by atoms with Gasteiger partial charge in [0.25, 0.3) is 0 Å². The van der Waals surface area contributed by atoms with E-state index in [9.17, 15) is 18.4 Å². The van der Waals surface area contributed by atoms with Crippen molar-refractivity contribution in [3.05, 3.63) is 63.4 Å². The summed E-state index contributed by atoms with van der Waals surface area (Å²) in [6.07, 6.45) is 3.07. The third kappa shape index (κ3) is 3.96. The molecule has 0 bridgehead atoms. The molecule has 1 saturated carbocycles. The molecule has 1 fully saturated rings. The lowest BCUT2D eigenvalue weighted by atomic mass is 9.89. The highest BCUT2D eigenvalue weighted by Crippen LogP contribution is 2.43.